The van der Waals surface area contributed by atoms with Crippen molar-refractivity contribution in [3.8, 4) is 0 Å². The second kappa shape index (κ2) is 7.34. The van der Waals surface area contributed by atoms with Gasteiger partial charge in [0.05, 0.1) is 0 Å². The molecule has 4 heteroatoms. The molecule has 19 heavy (non-hydrogen) atoms. The number of carbonyl (C=O) groups excluding carboxylic acids is 1. The molecule has 0 aliphatic heterocycles. The summed E-state index contributed by atoms with van der Waals surface area (Å²) in [5.41, 5.74) is 1.06. The third-order valence-electron chi connectivity index (χ3n) is 3.30. The molecular formula is C15H19BrN2O. The lowest BCUT2D eigenvalue weighted by Crippen LogP contribution is -2.40. The van der Waals surface area contributed by atoms with E-state index in [0.29, 0.717) is 6.04 Å². The van der Waals surface area contributed by atoms with E-state index in [1.54, 1.807) is 6.20 Å². The van der Waals surface area contributed by atoms with Gasteiger partial charge in [-0.15, -0.1) is 0 Å². The number of amides is 2. The van der Waals surface area contributed by atoms with Gasteiger partial charge in [0.2, 0.25) is 0 Å². The van der Waals surface area contributed by atoms with Crippen LogP contribution in [-0.4, -0.2) is 12.1 Å². The van der Waals surface area contributed by atoms with Crippen LogP contribution < -0.4 is 10.6 Å². The van der Waals surface area contributed by atoms with Gasteiger partial charge in [-0.2, -0.15) is 0 Å². The Kier molecular flexibility index (Phi) is 5.45. The monoisotopic (exact) mass is 322 g/mol. The van der Waals surface area contributed by atoms with E-state index >= 15 is 0 Å². The average molecular weight is 323 g/mol. The molecule has 0 atom stereocenters. The first-order chi connectivity index (χ1) is 9.24. The highest BCUT2D eigenvalue weighted by Crippen LogP contribution is 2.17. The molecule has 0 saturated heterocycles. The van der Waals surface area contributed by atoms with Gasteiger partial charge in [0.1, 0.15) is 0 Å². The number of halogens is 1. The highest BCUT2D eigenvalue weighted by Gasteiger charge is 2.14. The number of rotatable bonds is 3. The van der Waals surface area contributed by atoms with Gasteiger partial charge < -0.3 is 10.6 Å². The van der Waals surface area contributed by atoms with Crippen LogP contribution in [-0.2, 0) is 0 Å². The minimum Gasteiger partial charge on any atom is -0.335 e. The molecule has 1 fully saturated rings. The summed E-state index contributed by atoms with van der Waals surface area (Å²) in [5.74, 6) is 0. The lowest BCUT2D eigenvalue weighted by atomic mass is 9.96. The van der Waals surface area contributed by atoms with Gasteiger partial charge in [0, 0.05) is 16.7 Å². The zero-order valence-corrected chi connectivity index (χ0v) is 12.4. The molecule has 0 bridgehead atoms. The maximum atomic E-state index is 11.7. The Morgan fingerprint density at radius 3 is 2.53 bits per heavy atom. The summed E-state index contributed by atoms with van der Waals surface area (Å²) >= 11 is 3.39. The molecule has 0 aromatic heterocycles. The van der Waals surface area contributed by atoms with Crippen molar-refractivity contribution >= 4 is 28.0 Å². The Bertz CT molecular complexity index is 436. The number of benzene rings is 1. The van der Waals surface area contributed by atoms with E-state index < -0.39 is 0 Å². The van der Waals surface area contributed by atoms with Crippen LogP contribution in [0.2, 0.25) is 0 Å². The fourth-order valence-electron chi connectivity index (χ4n) is 2.26. The summed E-state index contributed by atoms with van der Waals surface area (Å²) in [4.78, 5) is 11.7. The zero-order valence-electron chi connectivity index (χ0n) is 10.9. The van der Waals surface area contributed by atoms with Gasteiger partial charge in [0.15, 0.2) is 0 Å². The van der Waals surface area contributed by atoms with Crippen LogP contribution in [0.4, 0.5) is 4.79 Å². The van der Waals surface area contributed by atoms with Crippen molar-refractivity contribution in [3.05, 3.63) is 40.5 Å². The molecule has 102 valence electrons. The summed E-state index contributed by atoms with van der Waals surface area (Å²) < 4.78 is 1.05. The average Bonchev–Trinajstić information content (AvgIpc) is 2.42. The van der Waals surface area contributed by atoms with Crippen molar-refractivity contribution in [1.82, 2.24) is 10.6 Å². The molecule has 1 aliphatic rings. The van der Waals surface area contributed by atoms with Crippen molar-refractivity contribution in [2.75, 3.05) is 0 Å². The first-order valence-corrected chi connectivity index (χ1v) is 7.52. The zero-order chi connectivity index (χ0) is 13.5. The third kappa shape index (κ3) is 5.07. The molecule has 1 saturated carbocycles. The standard InChI is InChI=1S/C15H19BrN2O/c16-13-8-6-12(7-9-13)10-11-17-15(19)18-14-4-2-1-3-5-14/h6-11,14H,1-5H2,(H2,17,18,19)/b11-10+. The Hall–Kier alpha value is -1.29. The van der Waals surface area contributed by atoms with E-state index in [4.69, 9.17) is 0 Å². The molecule has 2 N–H and O–H groups in total. The molecule has 0 heterocycles. The Morgan fingerprint density at radius 1 is 1.16 bits per heavy atom. The molecule has 1 aromatic carbocycles. The van der Waals surface area contributed by atoms with Crippen LogP contribution in [0, 0.1) is 0 Å². The SMILES string of the molecule is O=C(N/C=C/c1ccc(Br)cc1)NC1CCCCC1. The molecule has 0 spiro atoms. The van der Waals surface area contributed by atoms with E-state index in [1.165, 1.54) is 19.3 Å². The fourth-order valence-corrected chi connectivity index (χ4v) is 2.53. The van der Waals surface area contributed by atoms with Crippen LogP contribution >= 0.6 is 15.9 Å². The summed E-state index contributed by atoms with van der Waals surface area (Å²) in [6, 6.07) is 8.15. The van der Waals surface area contributed by atoms with Gasteiger partial charge >= 0.3 is 6.03 Å². The smallest absolute Gasteiger partial charge is 0.318 e. The number of nitrogens with one attached hydrogen (secondary N) is 2. The number of hydrogen-bond donors (Lipinski definition) is 2. The molecule has 3 nitrogen and oxygen atoms in total. The van der Waals surface area contributed by atoms with E-state index in [-0.39, 0.29) is 6.03 Å². The molecule has 0 unspecified atom stereocenters. The molecule has 1 aromatic rings. The minimum atomic E-state index is -0.111. The van der Waals surface area contributed by atoms with Crippen LogP contribution in [0.5, 0.6) is 0 Å². The molecular weight excluding hydrogens is 304 g/mol. The van der Waals surface area contributed by atoms with E-state index in [2.05, 4.69) is 26.6 Å². The van der Waals surface area contributed by atoms with Gasteiger partial charge in [-0.1, -0.05) is 47.3 Å². The second-order valence-electron chi connectivity index (χ2n) is 4.84. The van der Waals surface area contributed by atoms with Gasteiger partial charge in [0.25, 0.3) is 0 Å². The molecule has 2 rings (SSSR count). The van der Waals surface area contributed by atoms with E-state index in [9.17, 15) is 4.79 Å². The van der Waals surface area contributed by atoms with Gasteiger partial charge in [-0.25, -0.2) is 4.79 Å². The Morgan fingerprint density at radius 2 is 1.84 bits per heavy atom. The van der Waals surface area contributed by atoms with Crippen molar-refractivity contribution in [1.29, 1.82) is 0 Å². The summed E-state index contributed by atoms with van der Waals surface area (Å²) in [7, 11) is 0. The van der Waals surface area contributed by atoms with Crippen LogP contribution in [0.15, 0.2) is 34.9 Å². The highest BCUT2D eigenvalue weighted by molar-refractivity contribution is 9.10. The maximum Gasteiger partial charge on any atom is 0.318 e. The quantitative estimate of drug-likeness (QED) is 0.865. The number of urea groups is 1. The summed E-state index contributed by atoms with van der Waals surface area (Å²) in [6.45, 7) is 0. The molecule has 1 aliphatic carbocycles. The van der Waals surface area contributed by atoms with Gasteiger partial charge in [-0.05, 0) is 36.6 Å². The molecule has 2 amide bonds. The highest BCUT2D eigenvalue weighted by atomic mass is 79.9. The predicted molar refractivity (Wildman–Crippen MR) is 81.7 cm³/mol. The summed E-state index contributed by atoms with van der Waals surface area (Å²) in [5, 5.41) is 5.76. The topological polar surface area (TPSA) is 41.1 Å². The summed E-state index contributed by atoms with van der Waals surface area (Å²) in [6.07, 6.45) is 9.50. The van der Waals surface area contributed by atoms with E-state index in [1.807, 2.05) is 30.3 Å². The van der Waals surface area contributed by atoms with Crippen LogP contribution in [0.1, 0.15) is 37.7 Å². The minimum absolute atomic E-state index is 0.111. The Balaban J connectivity index is 1.74. The largest absolute Gasteiger partial charge is 0.335 e. The van der Waals surface area contributed by atoms with Crippen molar-refractivity contribution in [2.45, 2.75) is 38.1 Å². The van der Waals surface area contributed by atoms with Crippen molar-refractivity contribution in [2.24, 2.45) is 0 Å². The normalized spacial score (nSPS) is 16.5. The third-order valence-corrected chi connectivity index (χ3v) is 3.83. The fraction of sp³-hybridized carbons (Fsp3) is 0.400. The van der Waals surface area contributed by atoms with Crippen LogP contribution in [0.3, 0.4) is 0 Å². The lowest BCUT2D eigenvalue weighted by molar-refractivity contribution is 0.236. The predicted octanol–water partition coefficient (Wildman–Crippen LogP) is 4.05. The lowest BCUT2D eigenvalue weighted by Gasteiger charge is -2.22. The first-order valence-electron chi connectivity index (χ1n) is 6.73. The van der Waals surface area contributed by atoms with Crippen molar-refractivity contribution in [3.63, 3.8) is 0 Å². The van der Waals surface area contributed by atoms with Crippen molar-refractivity contribution < 1.29 is 4.79 Å². The number of hydrogen-bond acceptors (Lipinski definition) is 1. The van der Waals surface area contributed by atoms with Gasteiger partial charge in [-0.3, -0.25) is 0 Å². The maximum absolute atomic E-state index is 11.7. The Labute approximate surface area is 122 Å². The van der Waals surface area contributed by atoms with E-state index in [0.717, 1.165) is 22.9 Å². The van der Waals surface area contributed by atoms with Crippen LogP contribution in [0.25, 0.3) is 6.08 Å². The molecule has 0 radical (unpaired) electrons. The second-order valence-corrected chi connectivity index (χ2v) is 5.75. The first kappa shape index (κ1) is 14.1. The number of carbonyl (C=O) groups is 1.